The zero-order valence-electron chi connectivity index (χ0n) is 8.70. The molecule has 2 N–H and O–H groups in total. The number of rotatable bonds is 4. The van der Waals surface area contributed by atoms with Gasteiger partial charge in [-0.15, -0.1) is 0 Å². The molecular formula is C9H11N3O3S. The molecule has 0 aromatic carbocycles. The summed E-state index contributed by atoms with van der Waals surface area (Å²) in [4.78, 5) is 34.3. The lowest BCUT2D eigenvalue weighted by atomic mass is 9.79. The Morgan fingerprint density at radius 2 is 1.88 bits per heavy atom. The Bertz CT molecular complexity index is 355. The number of thiocyanates is 1. The number of imide groups is 2. The van der Waals surface area contributed by atoms with Crippen molar-refractivity contribution in [3.8, 4) is 5.40 Å². The number of urea groups is 1. The minimum atomic E-state index is -1.22. The van der Waals surface area contributed by atoms with Gasteiger partial charge in [0.1, 0.15) is 10.8 Å². The standard InChI is InChI=1S/C9H11N3O3S/c1-2-9(3-4-16-5-10)6(13)11-8(15)12-7(9)14/h2-4H2,1H3,(H2,11,12,13,14,15). The summed E-state index contributed by atoms with van der Waals surface area (Å²) >= 11 is 0.981. The SMILES string of the molecule is CCC1(CCSC#N)C(=O)NC(=O)NC1=O. The second kappa shape index (κ2) is 4.99. The van der Waals surface area contributed by atoms with Crippen LogP contribution in [0.1, 0.15) is 19.8 Å². The number of thioether (sulfide) groups is 1. The molecule has 86 valence electrons. The molecule has 0 radical (unpaired) electrons. The van der Waals surface area contributed by atoms with E-state index in [4.69, 9.17) is 5.26 Å². The fraction of sp³-hybridized carbons (Fsp3) is 0.556. The lowest BCUT2D eigenvalue weighted by Crippen LogP contribution is -2.62. The first kappa shape index (κ1) is 12.5. The van der Waals surface area contributed by atoms with E-state index in [0.717, 1.165) is 11.8 Å². The quantitative estimate of drug-likeness (QED) is 0.420. The number of nitrogens with one attached hydrogen (secondary N) is 2. The number of amides is 4. The van der Waals surface area contributed by atoms with Crippen molar-refractivity contribution in [3.05, 3.63) is 0 Å². The van der Waals surface area contributed by atoms with Crippen LogP contribution in [0.4, 0.5) is 4.79 Å². The molecule has 7 heteroatoms. The van der Waals surface area contributed by atoms with Crippen LogP contribution in [0.3, 0.4) is 0 Å². The lowest BCUT2D eigenvalue weighted by molar-refractivity contribution is -0.144. The summed E-state index contributed by atoms with van der Waals surface area (Å²) in [7, 11) is 0. The van der Waals surface area contributed by atoms with Crippen molar-refractivity contribution < 1.29 is 14.4 Å². The summed E-state index contributed by atoms with van der Waals surface area (Å²) in [5.41, 5.74) is -1.22. The predicted octanol–water partition coefficient (Wildman–Crippen LogP) is 0.353. The second-order valence-electron chi connectivity index (χ2n) is 3.36. The van der Waals surface area contributed by atoms with Crippen molar-refractivity contribution >= 4 is 29.6 Å². The number of barbiturate groups is 1. The molecule has 1 aliphatic rings. The van der Waals surface area contributed by atoms with Crippen LogP contribution in [0, 0.1) is 16.1 Å². The van der Waals surface area contributed by atoms with Gasteiger partial charge < -0.3 is 0 Å². The number of carbonyl (C=O) groups excluding carboxylic acids is 3. The highest BCUT2D eigenvalue weighted by Crippen LogP contribution is 2.30. The Labute approximate surface area is 96.8 Å². The summed E-state index contributed by atoms with van der Waals surface area (Å²) in [5, 5.41) is 14.4. The average Bonchev–Trinajstić information content (AvgIpc) is 2.22. The molecule has 4 amide bonds. The third-order valence-corrected chi connectivity index (χ3v) is 3.16. The highest BCUT2D eigenvalue weighted by molar-refractivity contribution is 8.03. The van der Waals surface area contributed by atoms with E-state index in [9.17, 15) is 14.4 Å². The number of nitrogens with zero attached hydrogens (tertiary/aromatic N) is 1. The molecule has 1 heterocycles. The minimum absolute atomic E-state index is 0.243. The highest BCUT2D eigenvalue weighted by atomic mass is 32.2. The molecule has 0 saturated carbocycles. The van der Waals surface area contributed by atoms with Crippen molar-refractivity contribution in [1.29, 1.82) is 5.26 Å². The van der Waals surface area contributed by atoms with Crippen LogP contribution in [-0.2, 0) is 9.59 Å². The Hall–Kier alpha value is -1.55. The monoisotopic (exact) mass is 241 g/mol. The summed E-state index contributed by atoms with van der Waals surface area (Å²) < 4.78 is 0. The van der Waals surface area contributed by atoms with Gasteiger partial charge in [0.05, 0.1) is 0 Å². The van der Waals surface area contributed by atoms with Gasteiger partial charge in [-0.1, -0.05) is 6.92 Å². The molecule has 0 unspecified atom stereocenters. The van der Waals surface area contributed by atoms with Gasteiger partial charge in [0.2, 0.25) is 11.8 Å². The normalized spacial score (nSPS) is 18.6. The molecule has 0 aromatic heterocycles. The number of hydrogen-bond acceptors (Lipinski definition) is 5. The van der Waals surface area contributed by atoms with Gasteiger partial charge in [-0.05, 0) is 24.6 Å². The Morgan fingerprint density at radius 1 is 1.31 bits per heavy atom. The molecule has 16 heavy (non-hydrogen) atoms. The topological polar surface area (TPSA) is 99.1 Å². The van der Waals surface area contributed by atoms with Gasteiger partial charge >= 0.3 is 6.03 Å². The number of hydrogen-bond donors (Lipinski definition) is 2. The molecule has 0 spiro atoms. The maximum absolute atomic E-state index is 11.7. The molecule has 1 aliphatic heterocycles. The van der Waals surface area contributed by atoms with Crippen LogP contribution in [0.15, 0.2) is 0 Å². The maximum atomic E-state index is 11.7. The maximum Gasteiger partial charge on any atom is 0.328 e. The fourth-order valence-corrected chi connectivity index (χ4v) is 2.12. The van der Waals surface area contributed by atoms with Crippen molar-refractivity contribution in [2.24, 2.45) is 5.41 Å². The van der Waals surface area contributed by atoms with Gasteiger partial charge in [-0.3, -0.25) is 20.2 Å². The summed E-state index contributed by atoms with van der Waals surface area (Å²) in [6.45, 7) is 1.70. The van der Waals surface area contributed by atoms with E-state index in [-0.39, 0.29) is 6.42 Å². The molecule has 0 atom stereocenters. The van der Waals surface area contributed by atoms with E-state index in [0.29, 0.717) is 12.2 Å². The van der Waals surface area contributed by atoms with Crippen LogP contribution in [0.2, 0.25) is 0 Å². The van der Waals surface area contributed by atoms with Crippen LogP contribution < -0.4 is 10.6 Å². The fourth-order valence-electron chi connectivity index (χ4n) is 1.58. The summed E-state index contributed by atoms with van der Waals surface area (Å²) in [5.74, 6) is -0.788. The van der Waals surface area contributed by atoms with Gasteiger partial charge in [-0.25, -0.2) is 4.79 Å². The minimum Gasteiger partial charge on any atom is -0.277 e. The Kier molecular flexibility index (Phi) is 3.90. The molecule has 1 fully saturated rings. The molecule has 0 aromatic rings. The van der Waals surface area contributed by atoms with Gasteiger partial charge in [-0.2, -0.15) is 5.26 Å². The summed E-state index contributed by atoms with van der Waals surface area (Å²) in [6, 6.07) is -0.785. The first-order valence-electron chi connectivity index (χ1n) is 4.74. The largest absolute Gasteiger partial charge is 0.328 e. The summed E-state index contributed by atoms with van der Waals surface area (Å²) in [6.07, 6.45) is 0.538. The third-order valence-electron chi connectivity index (χ3n) is 2.62. The van der Waals surface area contributed by atoms with Crippen molar-refractivity contribution in [2.45, 2.75) is 19.8 Å². The van der Waals surface area contributed by atoms with Gasteiger partial charge in [0.25, 0.3) is 0 Å². The highest BCUT2D eigenvalue weighted by Gasteiger charge is 2.48. The smallest absolute Gasteiger partial charge is 0.277 e. The first-order valence-corrected chi connectivity index (χ1v) is 5.73. The zero-order chi connectivity index (χ0) is 12.2. The molecule has 6 nitrogen and oxygen atoms in total. The van der Waals surface area contributed by atoms with Crippen molar-refractivity contribution in [2.75, 3.05) is 5.75 Å². The van der Waals surface area contributed by atoms with E-state index in [1.54, 1.807) is 6.92 Å². The van der Waals surface area contributed by atoms with Crippen molar-refractivity contribution in [3.63, 3.8) is 0 Å². The molecule has 0 aliphatic carbocycles. The van der Waals surface area contributed by atoms with Crippen LogP contribution in [-0.4, -0.2) is 23.6 Å². The van der Waals surface area contributed by atoms with E-state index in [1.807, 2.05) is 5.40 Å². The third kappa shape index (κ3) is 2.17. The predicted molar refractivity (Wildman–Crippen MR) is 57.1 cm³/mol. The zero-order valence-corrected chi connectivity index (χ0v) is 9.52. The lowest BCUT2D eigenvalue weighted by Gasteiger charge is -2.32. The van der Waals surface area contributed by atoms with Crippen LogP contribution in [0.5, 0.6) is 0 Å². The second-order valence-corrected chi connectivity index (χ2v) is 4.24. The first-order chi connectivity index (χ1) is 7.56. The molecule has 0 bridgehead atoms. The average molecular weight is 241 g/mol. The van der Waals surface area contributed by atoms with E-state index >= 15 is 0 Å². The van der Waals surface area contributed by atoms with Crippen molar-refractivity contribution in [1.82, 2.24) is 10.6 Å². The number of nitriles is 1. The molecule has 1 rings (SSSR count). The molecular weight excluding hydrogens is 230 g/mol. The Balaban J connectivity index is 2.84. The Morgan fingerprint density at radius 3 is 2.31 bits per heavy atom. The van der Waals surface area contributed by atoms with Crippen LogP contribution in [0.25, 0.3) is 0 Å². The van der Waals surface area contributed by atoms with Gasteiger partial charge in [0, 0.05) is 5.75 Å². The van der Waals surface area contributed by atoms with Crippen LogP contribution >= 0.6 is 11.8 Å². The van der Waals surface area contributed by atoms with E-state index in [2.05, 4.69) is 10.6 Å². The van der Waals surface area contributed by atoms with E-state index < -0.39 is 23.3 Å². The van der Waals surface area contributed by atoms with E-state index in [1.165, 1.54) is 0 Å². The molecule has 1 saturated heterocycles. The number of carbonyl (C=O) groups is 3. The van der Waals surface area contributed by atoms with Gasteiger partial charge in [0.15, 0.2) is 0 Å².